The zero-order chi connectivity index (χ0) is 20.9. The summed E-state index contributed by atoms with van der Waals surface area (Å²) in [5.41, 5.74) is 0.445. The molecule has 2 aromatic carbocycles. The molecule has 1 amide bonds. The molecule has 2 aromatic rings. The Kier molecular flexibility index (Phi) is 7.11. The van der Waals surface area contributed by atoms with E-state index >= 15 is 0 Å². The monoisotopic (exact) mass is 428 g/mol. The number of carbonyl (C=O) groups excluding carboxylic acids is 1. The first-order valence-corrected chi connectivity index (χ1v) is 9.86. The van der Waals surface area contributed by atoms with Gasteiger partial charge in [0.15, 0.2) is 11.5 Å². The molecule has 0 fully saturated rings. The van der Waals surface area contributed by atoms with Crippen molar-refractivity contribution >= 4 is 33.2 Å². The van der Waals surface area contributed by atoms with Gasteiger partial charge in [-0.05, 0) is 30.3 Å². The highest BCUT2D eigenvalue weighted by Crippen LogP contribution is 2.30. The number of halogens is 1. The van der Waals surface area contributed by atoms with Gasteiger partial charge in [-0.3, -0.25) is 4.79 Å². The number of amides is 1. The molecule has 0 aliphatic carbocycles. The standard InChI is InChI=1S/C18H21ClN2O6S/c1-21(28(23,24)13-6-8-15(25-2)14(19)10-13)11-18(22)20-12-5-7-16(26-3)17(9-12)27-4/h5-10H,11H2,1-4H3,(H,20,22). The number of benzene rings is 2. The van der Waals surface area contributed by atoms with Crippen molar-refractivity contribution in [3.05, 3.63) is 41.4 Å². The van der Waals surface area contributed by atoms with Gasteiger partial charge in [0, 0.05) is 18.8 Å². The van der Waals surface area contributed by atoms with E-state index in [1.165, 1.54) is 46.6 Å². The highest BCUT2D eigenvalue weighted by atomic mass is 35.5. The molecule has 0 atom stereocenters. The van der Waals surface area contributed by atoms with Crippen molar-refractivity contribution in [3.8, 4) is 17.2 Å². The zero-order valence-electron chi connectivity index (χ0n) is 15.9. The highest BCUT2D eigenvalue weighted by Gasteiger charge is 2.24. The maximum atomic E-state index is 12.7. The fourth-order valence-corrected chi connectivity index (χ4v) is 3.87. The molecule has 1 N–H and O–H groups in total. The smallest absolute Gasteiger partial charge is 0.243 e. The summed E-state index contributed by atoms with van der Waals surface area (Å²) in [6, 6.07) is 8.92. The molecule has 0 saturated heterocycles. The van der Waals surface area contributed by atoms with Gasteiger partial charge in [0.2, 0.25) is 15.9 Å². The van der Waals surface area contributed by atoms with Crippen molar-refractivity contribution in [2.24, 2.45) is 0 Å². The van der Waals surface area contributed by atoms with E-state index in [1.807, 2.05) is 0 Å². The predicted molar refractivity (Wildman–Crippen MR) is 106 cm³/mol. The van der Waals surface area contributed by atoms with Crippen molar-refractivity contribution in [1.29, 1.82) is 0 Å². The average molecular weight is 429 g/mol. The quantitative estimate of drug-likeness (QED) is 0.694. The van der Waals surface area contributed by atoms with Gasteiger partial charge in [0.25, 0.3) is 0 Å². The second-order valence-electron chi connectivity index (χ2n) is 5.68. The summed E-state index contributed by atoms with van der Waals surface area (Å²) in [5, 5.41) is 2.78. The van der Waals surface area contributed by atoms with Crippen molar-refractivity contribution in [2.75, 3.05) is 40.2 Å². The van der Waals surface area contributed by atoms with Crippen LogP contribution in [0.3, 0.4) is 0 Å². The summed E-state index contributed by atoms with van der Waals surface area (Å²) in [6.07, 6.45) is 0. The van der Waals surface area contributed by atoms with Gasteiger partial charge >= 0.3 is 0 Å². The number of likely N-dealkylation sites (N-methyl/N-ethyl adjacent to an activating group) is 1. The van der Waals surface area contributed by atoms with E-state index in [9.17, 15) is 13.2 Å². The van der Waals surface area contributed by atoms with Crippen LogP contribution in [0.25, 0.3) is 0 Å². The van der Waals surface area contributed by atoms with Crippen molar-refractivity contribution in [1.82, 2.24) is 4.31 Å². The average Bonchev–Trinajstić information content (AvgIpc) is 2.67. The van der Waals surface area contributed by atoms with Crippen LogP contribution in [0.2, 0.25) is 5.02 Å². The number of nitrogens with zero attached hydrogens (tertiary/aromatic N) is 1. The van der Waals surface area contributed by atoms with E-state index in [2.05, 4.69) is 5.32 Å². The molecule has 152 valence electrons. The van der Waals surface area contributed by atoms with E-state index in [1.54, 1.807) is 18.2 Å². The highest BCUT2D eigenvalue weighted by molar-refractivity contribution is 7.89. The minimum Gasteiger partial charge on any atom is -0.495 e. The van der Waals surface area contributed by atoms with Crippen molar-refractivity contribution < 1.29 is 27.4 Å². The molecule has 8 nitrogen and oxygen atoms in total. The van der Waals surface area contributed by atoms with Crippen molar-refractivity contribution in [3.63, 3.8) is 0 Å². The van der Waals surface area contributed by atoms with Crippen LogP contribution in [0.4, 0.5) is 5.69 Å². The van der Waals surface area contributed by atoms with Gasteiger partial charge in [-0.15, -0.1) is 0 Å². The molecule has 2 rings (SSSR count). The van der Waals surface area contributed by atoms with Crippen LogP contribution in [0.1, 0.15) is 0 Å². The Balaban J connectivity index is 2.12. The van der Waals surface area contributed by atoms with Crippen LogP contribution in [0.5, 0.6) is 17.2 Å². The fraction of sp³-hybridized carbons (Fsp3) is 0.278. The number of hydrogen-bond donors (Lipinski definition) is 1. The predicted octanol–water partition coefficient (Wildman–Crippen LogP) is 2.63. The third-order valence-corrected chi connectivity index (χ3v) is 5.96. The summed E-state index contributed by atoms with van der Waals surface area (Å²) in [5.74, 6) is 0.790. The Bertz CT molecular complexity index is 965. The number of rotatable bonds is 8. The van der Waals surface area contributed by atoms with E-state index in [-0.39, 0.29) is 16.5 Å². The largest absolute Gasteiger partial charge is 0.495 e. The normalized spacial score (nSPS) is 11.2. The number of nitrogens with one attached hydrogen (secondary N) is 1. The fourth-order valence-electron chi connectivity index (χ4n) is 2.39. The lowest BCUT2D eigenvalue weighted by atomic mass is 10.2. The van der Waals surface area contributed by atoms with Crippen LogP contribution in [-0.2, 0) is 14.8 Å². The molecule has 0 aliphatic heterocycles. The summed E-state index contributed by atoms with van der Waals surface area (Å²) >= 11 is 6.00. The lowest BCUT2D eigenvalue weighted by molar-refractivity contribution is -0.116. The van der Waals surface area contributed by atoms with Crippen LogP contribution in [0, 0.1) is 0 Å². The maximum Gasteiger partial charge on any atom is 0.243 e. The lowest BCUT2D eigenvalue weighted by Gasteiger charge is -2.18. The topological polar surface area (TPSA) is 94.2 Å². The molecule has 0 heterocycles. The van der Waals surface area contributed by atoms with Crippen LogP contribution >= 0.6 is 11.6 Å². The minimum absolute atomic E-state index is 0.0419. The Morgan fingerprint density at radius 3 is 2.18 bits per heavy atom. The van der Waals surface area contributed by atoms with Gasteiger partial charge in [0.1, 0.15) is 5.75 Å². The third kappa shape index (κ3) is 4.86. The molecule has 28 heavy (non-hydrogen) atoms. The van der Waals surface area contributed by atoms with Crippen molar-refractivity contribution in [2.45, 2.75) is 4.90 Å². The number of anilines is 1. The van der Waals surface area contributed by atoms with Gasteiger partial charge in [-0.2, -0.15) is 4.31 Å². The Labute approximate surface area is 169 Å². The molecule has 0 radical (unpaired) electrons. The SMILES string of the molecule is COc1ccc(S(=O)(=O)N(C)CC(=O)Nc2ccc(OC)c(OC)c2)cc1Cl. The molecule has 0 unspecified atom stereocenters. The first-order valence-electron chi connectivity index (χ1n) is 8.04. The Hall–Kier alpha value is -2.49. The van der Waals surface area contributed by atoms with Gasteiger partial charge in [-0.1, -0.05) is 11.6 Å². The summed E-state index contributed by atoms with van der Waals surface area (Å²) in [6.45, 7) is -0.389. The first kappa shape index (κ1) is 21.8. The molecule has 0 aromatic heterocycles. The van der Waals surface area contributed by atoms with Crippen LogP contribution in [0.15, 0.2) is 41.3 Å². The minimum atomic E-state index is -3.91. The summed E-state index contributed by atoms with van der Waals surface area (Å²) < 4.78 is 41.6. The Morgan fingerprint density at radius 2 is 1.61 bits per heavy atom. The first-order chi connectivity index (χ1) is 13.2. The van der Waals surface area contributed by atoms with Crippen LogP contribution < -0.4 is 19.5 Å². The van der Waals surface area contributed by atoms with E-state index < -0.39 is 15.9 Å². The number of hydrogen-bond acceptors (Lipinski definition) is 6. The Morgan fingerprint density at radius 1 is 1.00 bits per heavy atom. The van der Waals surface area contributed by atoms with E-state index in [0.717, 1.165) is 4.31 Å². The van der Waals surface area contributed by atoms with Crippen LogP contribution in [-0.4, -0.2) is 53.6 Å². The molecular weight excluding hydrogens is 408 g/mol. The second kappa shape index (κ2) is 9.13. The zero-order valence-corrected chi connectivity index (χ0v) is 17.4. The molecule has 0 saturated carbocycles. The summed E-state index contributed by atoms with van der Waals surface area (Å²) in [4.78, 5) is 12.2. The summed E-state index contributed by atoms with van der Waals surface area (Å²) in [7, 11) is 1.81. The second-order valence-corrected chi connectivity index (χ2v) is 8.13. The van der Waals surface area contributed by atoms with Gasteiger partial charge in [-0.25, -0.2) is 8.42 Å². The van der Waals surface area contributed by atoms with Gasteiger partial charge < -0.3 is 19.5 Å². The number of sulfonamides is 1. The lowest BCUT2D eigenvalue weighted by Crippen LogP contribution is -2.35. The number of carbonyl (C=O) groups is 1. The number of methoxy groups -OCH3 is 3. The molecule has 0 spiro atoms. The molecule has 10 heteroatoms. The number of ether oxygens (including phenoxy) is 3. The molecule has 0 aliphatic rings. The molecular formula is C18H21ClN2O6S. The van der Waals surface area contributed by atoms with E-state index in [4.69, 9.17) is 25.8 Å². The molecule has 0 bridgehead atoms. The van der Waals surface area contributed by atoms with E-state index in [0.29, 0.717) is 22.9 Å². The third-order valence-electron chi connectivity index (χ3n) is 3.87. The van der Waals surface area contributed by atoms with Gasteiger partial charge in [0.05, 0.1) is 37.8 Å². The maximum absolute atomic E-state index is 12.7.